The topological polar surface area (TPSA) is 37.8 Å². The van der Waals surface area contributed by atoms with Crippen LogP contribution in [0.15, 0.2) is 12.4 Å². The predicted molar refractivity (Wildman–Crippen MR) is 59.3 cm³/mol. The molecule has 0 fully saturated rings. The number of nitrogens with one attached hydrogen (secondary N) is 1. The van der Waals surface area contributed by atoms with Gasteiger partial charge < -0.3 is 5.32 Å². The van der Waals surface area contributed by atoms with E-state index in [1.807, 2.05) is 6.92 Å². The quantitative estimate of drug-likeness (QED) is 0.798. The van der Waals surface area contributed by atoms with Crippen LogP contribution in [0.4, 0.5) is 5.82 Å². The molecule has 0 unspecified atom stereocenters. The third kappa shape index (κ3) is 2.98. The van der Waals surface area contributed by atoms with Crippen LogP contribution in [0, 0.1) is 12.3 Å². The monoisotopic (exact) mass is 193 g/mol. The van der Waals surface area contributed by atoms with Gasteiger partial charge in [-0.3, -0.25) is 4.98 Å². The molecule has 3 nitrogen and oxygen atoms in total. The maximum atomic E-state index is 4.24. The Bertz CT molecular complexity index is 294. The lowest BCUT2D eigenvalue weighted by atomic mass is 9.90. The van der Waals surface area contributed by atoms with Crippen LogP contribution in [-0.4, -0.2) is 16.5 Å². The summed E-state index contributed by atoms with van der Waals surface area (Å²) in [5, 5.41) is 3.33. The molecule has 0 bridgehead atoms. The van der Waals surface area contributed by atoms with Crippen molar-refractivity contribution in [3.8, 4) is 0 Å². The lowest BCUT2D eigenvalue weighted by molar-refractivity contribution is 0.376. The predicted octanol–water partition coefficient (Wildman–Crippen LogP) is 2.63. The van der Waals surface area contributed by atoms with Crippen molar-refractivity contribution in [2.45, 2.75) is 34.1 Å². The van der Waals surface area contributed by atoms with Crippen molar-refractivity contribution in [2.75, 3.05) is 11.9 Å². The highest BCUT2D eigenvalue weighted by Crippen LogP contribution is 2.20. The Kier molecular flexibility index (Phi) is 3.44. The molecule has 1 N–H and O–H groups in total. The zero-order valence-corrected chi connectivity index (χ0v) is 9.46. The van der Waals surface area contributed by atoms with Crippen molar-refractivity contribution in [1.82, 2.24) is 9.97 Å². The van der Waals surface area contributed by atoms with Gasteiger partial charge in [-0.15, -0.1) is 0 Å². The van der Waals surface area contributed by atoms with Gasteiger partial charge >= 0.3 is 0 Å². The fourth-order valence-electron chi connectivity index (χ4n) is 1.03. The fraction of sp³-hybridized carbons (Fsp3) is 0.636. The summed E-state index contributed by atoms with van der Waals surface area (Å²) in [5.74, 6) is 0.897. The fourth-order valence-corrected chi connectivity index (χ4v) is 1.03. The zero-order valence-electron chi connectivity index (χ0n) is 9.46. The van der Waals surface area contributed by atoms with Crippen molar-refractivity contribution in [2.24, 2.45) is 5.41 Å². The van der Waals surface area contributed by atoms with Gasteiger partial charge in [0.1, 0.15) is 5.82 Å². The molecule has 14 heavy (non-hydrogen) atoms. The van der Waals surface area contributed by atoms with Gasteiger partial charge in [-0.2, -0.15) is 0 Å². The molecular formula is C11H19N3. The standard InChI is InChI=1S/C11H19N3/c1-5-11(3,4)8-14-10-9(2)12-6-7-13-10/h6-7H,5,8H2,1-4H3,(H,13,14). The van der Waals surface area contributed by atoms with Crippen molar-refractivity contribution < 1.29 is 0 Å². The van der Waals surface area contributed by atoms with Crippen LogP contribution in [-0.2, 0) is 0 Å². The Hall–Kier alpha value is -1.12. The summed E-state index contributed by atoms with van der Waals surface area (Å²) in [4.78, 5) is 8.42. The maximum Gasteiger partial charge on any atom is 0.147 e. The summed E-state index contributed by atoms with van der Waals surface area (Å²) in [5.41, 5.74) is 1.27. The minimum absolute atomic E-state index is 0.309. The minimum Gasteiger partial charge on any atom is -0.368 e. The number of hydrogen-bond donors (Lipinski definition) is 1. The normalized spacial score (nSPS) is 11.4. The molecule has 0 aliphatic carbocycles. The first-order chi connectivity index (χ1) is 6.55. The van der Waals surface area contributed by atoms with E-state index in [-0.39, 0.29) is 0 Å². The van der Waals surface area contributed by atoms with Gasteiger partial charge in [0.25, 0.3) is 0 Å². The molecule has 0 aromatic carbocycles. The second kappa shape index (κ2) is 4.40. The van der Waals surface area contributed by atoms with E-state index >= 15 is 0 Å². The van der Waals surface area contributed by atoms with Crippen molar-refractivity contribution in [3.63, 3.8) is 0 Å². The Morgan fingerprint density at radius 3 is 2.50 bits per heavy atom. The summed E-state index contributed by atoms with van der Waals surface area (Å²) in [6.45, 7) is 9.58. The molecule has 0 radical (unpaired) electrons. The van der Waals surface area contributed by atoms with Crippen LogP contribution in [0.1, 0.15) is 32.9 Å². The summed E-state index contributed by atoms with van der Waals surface area (Å²) < 4.78 is 0. The largest absolute Gasteiger partial charge is 0.368 e. The smallest absolute Gasteiger partial charge is 0.147 e. The van der Waals surface area contributed by atoms with Crippen molar-refractivity contribution in [1.29, 1.82) is 0 Å². The molecule has 1 heterocycles. The molecule has 1 aromatic rings. The van der Waals surface area contributed by atoms with Crippen molar-refractivity contribution in [3.05, 3.63) is 18.1 Å². The summed E-state index contributed by atoms with van der Waals surface area (Å²) in [6, 6.07) is 0. The van der Waals surface area contributed by atoms with Crippen molar-refractivity contribution >= 4 is 5.82 Å². The highest BCUT2D eigenvalue weighted by molar-refractivity contribution is 5.38. The molecule has 0 saturated carbocycles. The van der Waals surface area contributed by atoms with Crippen LogP contribution in [0.2, 0.25) is 0 Å². The number of nitrogens with zero attached hydrogens (tertiary/aromatic N) is 2. The molecule has 0 saturated heterocycles. The number of rotatable bonds is 4. The summed E-state index contributed by atoms with van der Waals surface area (Å²) >= 11 is 0. The second-order valence-electron chi connectivity index (χ2n) is 4.36. The second-order valence-corrected chi connectivity index (χ2v) is 4.36. The first-order valence-corrected chi connectivity index (χ1v) is 5.06. The Balaban J connectivity index is 2.58. The first kappa shape index (κ1) is 11.0. The molecule has 0 aliphatic heterocycles. The molecule has 0 spiro atoms. The third-order valence-electron chi connectivity index (χ3n) is 2.57. The van der Waals surface area contributed by atoms with Crippen LogP contribution < -0.4 is 5.32 Å². The maximum absolute atomic E-state index is 4.24. The number of anilines is 1. The Labute approximate surface area is 86.0 Å². The molecule has 78 valence electrons. The zero-order chi connectivity index (χ0) is 10.6. The van der Waals surface area contributed by atoms with E-state index in [1.54, 1.807) is 12.4 Å². The molecule has 1 rings (SSSR count). The van der Waals surface area contributed by atoms with E-state index in [0.29, 0.717) is 5.41 Å². The average molecular weight is 193 g/mol. The van der Waals surface area contributed by atoms with E-state index in [1.165, 1.54) is 0 Å². The van der Waals surface area contributed by atoms with Crippen LogP contribution in [0.25, 0.3) is 0 Å². The molecule has 3 heteroatoms. The Morgan fingerprint density at radius 2 is 1.93 bits per heavy atom. The molecule has 0 atom stereocenters. The molecule has 0 amide bonds. The van der Waals surface area contributed by atoms with Gasteiger partial charge in [0.05, 0.1) is 5.69 Å². The van der Waals surface area contributed by atoms with E-state index in [2.05, 4.69) is 36.1 Å². The van der Waals surface area contributed by atoms with Crippen LogP contribution >= 0.6 is 0 Å². The van der Waals surface area contributed by atoms with E-state index < -0.39 is 0 Å². The molecule has 0 aliphatic rings. The van der Waals surface area contributed by atoms with E-state index in [4.69, 9.17) is 0 Å². The van der Waals surface area contributed by atoms with Gasteiger partial charge in [-0.05, 0) is 18.8 Å². The lowest BCUT2D eigenvalue weighted by Crippen LogP contribution is -2.22. The summed E-state index contributed by atoms with van der Waals surface area (Å²) in [7, 11) is 0. The number of aromatic nitrogens is 2. The summed E-state index contributed by atoms with van der Waals surface area (Å²) in [6.07, 6.45) is 4.58. The van der Waals surface area contributed by atoms with E-state index in [0.717, 1.165) is 24.5 Å². The van der Waals surface area contributed by atoms with Crippen LogP contribution in [0.5, 0.6) is 0 Å². The van der Waals surface area contributed by atoms with Gasteiger partial charge in [0, 0.05) is 18.9 Å². The van der Waals surface area contributed by atoms with Crippen LogP contribution in [0.3, 0.4) is 0 Å². The highest BCUT2D eigenvalue weighted by Gasteiger charge is 2.15. The molecular weight excluding hydrogens is 174 g/mol. The third-order valence-corrected chi connectivity index (χ3v) is 2.57. The van der Waals surface area contributed by atoms with Gasteiger partial charge in [-0.25, -0.2) is 4.98 Å². The SMILES string of the molecule is CCC(C)(C)CNc1nccnc1C. The minimum atomic E-state index is 0.309. The number of hydrogen-bond acceptors (Lipinski definition) is 3. The average Bonchev–Trinajstić information content (AvgIpc) is 2.17. The highest BCUT2D eigenvalue weighted by atomic mass is 15.0. The Morgan fingerprint density at radius 1 is 1.29 bits per heavy atom. The van der Waals surface area contributed by atoms with Gasteiger partial charge in [-0.1, -0.05) is 20.8 Å². The van der Waals surface area contributed by atoms with E-state index in [9.17, 15) is 0 Å². The number of aryl methyl sites for hydroxylation is 1. The lowest BCUT2D eigenvalue weighted by Gasteiger charge is -2.23. The van der Waals surface area contributed by atoms with Gasteiger partial charge in [0.15, 0.2) is 0 Å². The van der Waals surface area contributed by atoms with Gasteiger partial charge in [0.2, 0.25) is 0 Å². The first-order valence-electron chi connectivity index (χ1n) is 5.06. The molecule has 1 aromatic heterocycles.